The zero-order chi connectivity index (χ0) is 20.1. The average Bonchev–Trinajstić information content (AvgIpc) is 3.11. The van der Waals surface area contributed by atoms with Crippen LogP contribution in [-0.2, 0) is 6.54 Å². The van der Waals surface area contributed by atoms with E-state index in [4.69, 9.17) is 27.6 Å². The third-order valence-electron chi connectivity index (χ3n) is 3.94. The van der Waals surface area contributed by atoms with E-state index in [1.165, 1.54) is 12.1 Å². The SMILES string of the molecule is Cl.O=[N+]([O-])c1ccc(NCCNCc2ccc(-c3ccc(Br)cc3Cl)o2)c(Cl)c1. The second-order valence-electron chi connectivity index (χ2n) is 5.91. The second-order valence-corrected chi connectivity index (χ2v) is 7.65. The summed E-state index contributed by atoms with van der Waals surface area (Å²) in [5, 5.41) is 18.1. The summed E-state index contributed by atoms with van der Waals surface area (Å²) in [6, 6.07) is 13.8. The highest BCUT2D eigenvalue weighted by Crippen LogP contribution is 2.31. The van der Waals surface area contributed by atoms with Crippen molar-refractivity contribution in [3.63, 3.8) is 0 Å². The molecule has 6 nitrogen and oxygen atoms in total. The highest BCUT2D eigenvalue weighted by molar-refractivity contribution is 9.10. The number of hydrogen-bond acceptors (Lipinski definition) is 5. The van der Waals surface area contributed by atoms with Crippen molar-refractivity contribution in [2.24, 2.45) is 0 Å². The lowest BCUT2D eigenvalue weighted by Gasteiger charge is -2.08. The summed E-state index contributed by atoms with van der Waals surface area (Å²) in [5.41, 5.74) is 1.46. The van der Waals surface area contributed by atoms with Gasteiger partial charge in [0.15, 0.2) is 0 Å². The number of furan rings is 1. The molecule has 10 heteroatoms. The molecule has 0 unspecified atom stereocenters. The van der Waals surface area contributed by atoms with Crippen molar-refractivity contribution in [3.05, 3.63) is 78.9 Å². The van der Waals surface area contributed by atoms with Crippen molar-refractivity contribution >= 4 is 62.9 Å². The Morgan fingerprint density at radius 2 is 1.83 bits per heavy atom. The number of nitro benzene ring substituents is 1. The lowest BCUT2D eigenvalue weighted by atomic mass is 10.2. The smallest absolute Gasteiger partial charge is 0.271 e. The Hall–Kier alpha value is -1.77. The molecule has 0 aliphatic carbocycles. The van der Waals surface area contributed by atoms with Crippen molar-refractivity contribution in [2.45, 2.75) is 6.54 Å². The van der Waals surface area contributed by atoms with E-state index in [9.17, 15) is 10.1 Å². The predicted octanol–water partition coefficient (Wildman–Crippen LogP) is 6.55. The van der Waals surface area contributed by atoms with Crippen LogP contribution in [0.3, 0.4) is 0 Å². The predicted molar refractivity (Wildman–Crippen MR) is 122 cm³/mol. The first-order valence-electron chi connectivity index (χ1n) is 8.36. The van der Waals surface area contributed by atoms with E-state index in [2.05, 4.69) is 26.6 Å². The number of non-ortho nitro benzene ring substituents is 1. The van der Waals surface area contributed by atoms with Gasteiger partial charge in [-0.2, -0.15) is 0 Å². The summed E-state index contributed by atoms with van der Waals surface area (Å²) in [5.74, 6) is 1.51. The molecule has 29 heavy (non-hydrogen) atoms. The van der Waals surface area contributed by atoms with Crippen LogP contribution in [0.1, 0.15) is 5.76 Å². The Labute approximate surface area is 192 Å². The number of nitro groups is 1. The third kappa shape index (κ3) is 6.35. The molecule has 0 bridgehead atoms. The van der Waals surface area contributed by atoms with Gasteiger partial charge in [0.25, 0.3) is 5.69 Å². The Morgan fingerprint density at radius 3 is 2.52 bits per heavy atom. The van der Waals surface area contributed by atoms with Crippen LogP contribution in [0.15, 0.2) is 57.4 Å². The zero-order valence-corrected chi connectivity index (χ0v) is 18.9. The fraction of sp³-hybridized carbons (Fsp3) is 0.158. The van der Waals surface area contributed by atoms with Gasteiger partial charge in [-0.25, -0.2) is 0 Å². The molecule has 154 valence electrons. The molecule has 2 N–H and O–H groups in total. The van der Waals surface area contributed by atoms with Crippen LogP contribution in [0, 0.1) is 10.1 Å². The highest BCUT2D eigenvalue weighted by Gasteiger charge is 2.10. The van der Waals surface area contributed by atoms with E-state index in [0.29, 0.717) is 41.1 Å². The Bertz CT molecular complexity index is 998. The molecule has 0 saturated carbocycles. The van der Waals surface area contributed by atoms with Gasteiger partial charge in [0, 0.05) is 35.3 Å². The summed E-state index contributed by atoms with van der Waals surface area (Å²) < 4.78 is 6.75. The van der Waals surface area contributed by atoms with Crippen LogP contribution >= 0.6 is 51.5 Å². The van der Waals surface area contributed by atoms with Gasteiger partial charge in [-0.1, -0.05) is 39.1 Å². The van der Waals surface area contributed by atoms with Gasteiger partial charge < -0.3 is 15.1 Å². The van der Waals surface area contributed by atoms with Crippen LogP contribution < -0.4 is 10.6 Å². The quantitative estimate of drug-likeness (QED) is 0.200. The van der Waals surface area contributed by atoms with Crippen LogP contribution in [0.5, 0.6) is 0 Å². The normalized spacial score (nSPS) is 10.4. The van der Waals surface area contributed by atoms with E-state index in [1.54, 1.807) is 6.07 Å². The molecule has 0 aliphatic heterocycles. The van der Waals surface area contributed by atoms with Crippen LogP contribution in [0.25, 0.3) is 11.3 Å². The van der Waals surface area contributed by atoms with Gasteiger partial charge in [-0.15, -0.1) is 12.4 Å². The molecule has 0 aliphatic rings. The van der Waals surface area contributed by atoms with Crippen molar-refractivity contribution in [2.75, 3.05) is 18.4 Å². The largest absolute Gasteiger partial charge is 0.460 e. The van der Waals surface area contributed by atoms with Gasteiger partial charge >= 0.3 is 0 Å². The number of benzene rings is 2. The average molecular weight is 522 g/mol. The standard InChI is InChI=1S/C19H16BrCl2N3O3.ClH/c20-12-1-4-15(16(21)9-12)19-6-3-14(28-19)11-23-7-8-24-18-5-2-13(25(26)27)10-17(18)22;/h1-6,9-10,23-24H,7-8,11H2;1H. The number of halogens is 4. The molecule has 2 aromatic carbocycles. The zero-order valence-electron chi connectivity index (χ0n) is 15.0. The van der Waals surface area contributed by atoms with E-state index < -0.39 is 4.92 Å². The Balaban J connectivity index is 0.00000300. The van der Waals surface area contributed by atoms with Gasteiger partial charge in [0.2, 0.25) is 0 Å². The topological polar surface area (TPSA) is 80.3 Å². The lowest BCUT2D eigenvalue weighted by Crippen LogP contribution is -2.21. The summed E-state index contributed by atoms with van der Waals surface area (Å²) in [6.45, 7) is 1.82. The van der Waals surface area contributed by atoms with Crippen molar-refractivity contribution < 1.29 is 9.34 Å². The minimum absolute atomic E-state index is 0. The van der Waals surface area contributed by atoms with E-state index in [-0.39, 0.29) is 18.1 Å². The number of nitrogens with one attached hydrogen (secondary N) is 2. The Kier molecular flexibility index (Phi) is 8.79. The molecular weight excluding hydrogens is 504 g/mol. The molecule has 0 fully saturated rings. The maximum atomic E-state index is 10.7. The molecule has 0 saturated heterocycles. The lowest BCUT2D eigenvalue weighted by molar-refractivity contribution is -0.384. The van der Waals surface area contributed by atoms with Gasteiger partial charge in [-0.05, 0) is 36.4 Å². The first-order chi connectivity index (χ1) is 13.4. The molecule has 1 heterocycles. The summed E-state index contributed by atoms with van der Waals surface area (Å²) in [7, 11) is 0. The number of nitrogens with zero attached hydrogens (tertiary/aromatic N) is 1. The molecule has 1 aromatic heterocycles. The van der Waals surface area contributed by atoms with Crippen molar-refractivity contribution in [1.82, 2.24) is 5.32 Å². The molecule has 0 spiro atoms. The number of anilines is 1. The summed E-state index contributed by atoms with van der Waals surface area (Å²) >= 11 is 15.7. The first kappa shape index (κ1) is 23.5. The molecule has 0 radical (unpaired) electrons. The number of hydrogen-bond donors (Lipinski definition) is 2. The highest BCUT2D eigenvalue weighted by atomic mass is 79.9. The van der Waals surface area contributed by atoms with Gasteiger partial charge in [0.1, 0.15) is 11.5 Å². The monoisotopic (exact) mass is 519 g/mol. The van der Waals surface area contributed by atoms with Crippen LogP contribution in [0.2, 0.25) is 10.0 Å². The Morgan fingerprint density at radius 1 is 1.03 bits per heavy atom. The maximum absolute atomic E-state index is 10.7. The summed E-state index contributed by atoms with van der Waals surface area (Å²) in [4.78, 5) is 10.2. The fourth-order valence-corrected chi connectivity index (χ4v) is 3.57. The minimum Gasteiger partial charge on any atom is -0.460 e. The van der Waals surface area contributed by atoms with Gasteiger partial charge in [-0.3, -0.25) is 10.1 Å². The molecule has 3 aromatic rings. The van der Waals surface area contributed by atoms with Gasteiger partial charge in [0.05, 0.1) is 27.2 Å². The third-order valence-corrected chi connectivity index (χ3v) is 5.06. The molecule has 0 atom stereocenters. The molecular formula is C19H17BrCl3N3O3. The first-order valence-corrected chi connectivity index (χ1v) is 9.91. The van der Waals surface area contributed by atoms with E-state index in [1.807, 2.05) is 30.3 Å². The van der Waals surface area contributed by atoms with Crippen molar-refractivity contribution in [3.8, 4) is 11.3 Å². The molecule has 0 amide bonds. The maximum Gasteiger partial charge on any atom is 0.271 e. The van der Waals surface area contributed by atoms with E-state index >= 15 is 0 Å². The van der Waals surface area contributed by atoms with Crippen molar-refractivity contribution in [1.29, 1.82) is 0 Å². The fourth-order valence-electron chi connectivity index (χ4n) is 2.57. The number of rotatable bonds is 8. The summed E-state index contributed by atoms with van der Waals surface area (Å²) in [6.07, 6.45) is 0. The molecule has 3 rings (SSSR count). The van der Waals surface area contributed by atoms with Crippen LogP contribution in [0.4, 0.5) is 11.4 Å². The second kappa shape index (κ2) is 10.8. The minimum atomic E-state index is -0.476. The van der Waals surface area contributed by atoms with Crippen LogP contribution in [-0.4, -0.2) is 18.0 Å². The van der Waals surface area contributed by atoms with E-state index in [0.717, 1.165) is 15.8 Å².